The Kier molecular flexibility index (Phi) is 6.60. The zero-order valence-electron chi connectivity index (χ0n) is 17.6. The second kappa shape index (κ2) is 9.72. The Hall–Kier alpha value is -2.92. The molecule has 2 heterocycles. The van der Waals surface area contributed by atoms with Crippen molar-refractivity contribution in [3.8, 4) is 11.1 Å². The second-order valence-electron chi connectivity index (χ2n) is 8.17. The molecule has 5 nitrogen and oxygen atoms in total. The molecule has 0 radical (unpaired) electrons. The van der Waals surface area contributed by atoms with Gasteiger partial charge >= 0.3 is 0 Å². The van der Waals surface area contributed by atoms with E-state index < -0.39 is 0 Å². The van der Waals surface area contributed by atoms with Crippen LogP contribution >= 0.6 is 0 Å². The molecule has 4 rings (SSSR count). The first-order chi connectivity index (χ1) is 14.7. The van der Waals surface area contributed by atoms with Crippen LogP contribution in [0, 0.1) is 12.8 Å². The highest BCUT2D eigenvalue weighted by molar-refractivity contribution is 5.92. The number of carbonyl (C=O) groups is 1. The number of amides is 1. The van der Waals surface area contributed by atoms with E-state index in [1.54, 1.807) is 0 Å². The molecule has 1 N–H and O–H groups in total. The average Bonchev–Trinajstić information content (AvgIpc) is 3.28. The lowest BCUT2D eigenvalue weighted by Gasteiger charge is -2.31. The molecule has 0 spiro atoms. The van der Waals surface area contributed by atoms with Crippen molar-refractivity contribution in [1.29, 1.82) is 0 Å². The van der Waals surface area contributed by atoms with Crippen LogP contribution in [0.3, 0.4) is 0 Å². The number of nitrogens with zero attached hydrogens (tertiary/aromatic N) is 3. The van der Waals surface area contributed by atoms with E-state index in [-0.39, 0.29) is 11.8 Å². The third-order valence-electron chi connectivity index (χ3n) is 5.88. The molecule has 1 saturated heterocycles. The minimum absolute atomic E-state index is 0.101. The Bertz CT molecular complexity index is 942. The topological polar surface area (TPSA) is 50.2 Å². The number of aryl methyl sites for hydroxylation is 2. The highest BCUT2D eigenvalue weighted by Crippen LogP contribution is 2.24. The molecule has 0 unspecified atom stereocenters. The van der Waals surface area contributed by atoms with Crippen molar-refractivity contribution in [1.82, 2.24) is 14.7 Å². The monoisotopic (exact) mass is 402 g/mol. The molecule has 0 aliphatic carbocycles. The lowest BCUT2D eigenvalue weighted by molar-refractivity contribution is -0.121. The Morgan fingerprint density at radius 2 is 1.83 bits per heavy atom. The SMILES string of the molecule is Cc1cccc(-c2ccc(NC(=O)C3CCN(CCCn4cccn4)CC3)cc2)c1. The van der Waals surface area contributed by atoms with Crippen molar-refractivity contribution in [2.75, 3.05) is 25.0 Å². The van der Waals surface area contributed by atoms with Crippen LogP contribution in [0.25, 0.3) is 11.1 Å². The van der Waals surface area contributed by atoms with Crippen LogP contribution in [0.2, 0.25) is 0 Å². The van der Waals surface area contributed by atoms with Gasteiger partial charge in [0.2, 0.25) is 5.91 Å². The van der Waals surface area contributed by atoms with Crippen LogP contribution in [-0.2, 0) is 11.3 Å². The molecule has 1 aliphatic rings. The number of carbonyl (C=O) groups excluding carboxylic acids is 1. The van der Waals surface area contributed by atoms with Gasteiger partial charge in [0.05, 0.1) is 0 Å². The number of rotatable bonds is 7. The van der Waals surface area contributed by atoms with Gasteiger partial charge in [0, 0.05) is 30.5 Å². The van der Waals surface area contributed by atoms with E-state index in [0.29, 0.717) is 0 Å². The number of benzene rings is 2. The van der Waals surface area contributed by atoms with E-state index in [0.717, 1.165) is 51.1 Å². The normalized spacial score (nSPS) is 15.2. The first-order valence-electron chi connectivity index (χ1n) is 10.9. The van der Waals surface area contributed by atoms with Crippen LogP contribution < -0.4 is 5.32 Å². The summed E-state index contributed by atoms with van der Waals surface area (Å²) in [4.78, 5) is 15.2. The van der Waals surface area contributed by atoms with Crippen molar-refractivity contribution in [3.05, 3.63) is 72.6 Å². The number of aromatic nitrogens is 2. The molecule has 1 amide bonds. The lowest BCUT2D eigenvalue weighted by atomic mass is 9.95. The molecule has 5 heteroatoms. The summed E-state index contributed by atoms with van der Waals surface area (Å²) in [5.41, 5.74) is 4.49. The molecule has 2 aromatic carbocycles. The summed E-state index contributed by atoms with van der Waals surface area (Å²) in [6.45, 7) is 6.09. The summed E-state index contributed by atoms with van der Waals surface area (Å²) in [7, 11) is 0. The van der Waals surface area contributed by atoms with Gasteiger partial charge in [-0.15, -0.1) is 0 Å². The fraction of sp³-hybridized carbons (Fsp3) is 0.360. The standard InChI is InChI=1S/C25H30N4O/c1-20-5-2-6-23(19-20)21-7-9-24(10-8-21)27-25(30)22-11-17-28(18-12-22)14-4-16-29-15-3-13-26-29/h2-3,5-10,13,15,19,22H,4,11-12,14,16-18H2,1H3,(H,27,30). The Morgan fingerprint density at radius 3 is 2.53 bits per heavy atom. The molecule has 0 saturated carbocycles. The molecule has 1 fully saturated rings. The van der Waals surface area contributed by atoms with E-state index in [4.69, 9.17) is 0 Å². The fourth-order valence-electron chi connectivity index (χ4n) is 4.12. The quantitative estimate of drug-likeness (QED) is 0.628. The highest BCUT2D eigenvalue weighted by atomic mass is 16.1. The Morgan fingerprint density at radius 1 is 1.03 bits per heavy atom. The van der Waals surface area contributed by atoms with Gasteiger partial charge in [-0.1, -0.05) is 42.0 Å². The van der Waals surface area contributed by atoms with E-state index in [1.165, 1.54) is 16.7 Å². The van der Waals surface area contributed by atoms with E-state index in [1.807, 2.05) is 35.3 Å². The minimum atomic E-state index is 0.101. The van der Waals surface area contributed by atoms with Crippen LogP contribution in [-0.4, -0.2) is 40.2 Å². The number of piperidine rings is 1. The molecule has 0 bridgehead atoms. The number of nitrogens with one attached hydrogen (secondary N) is 1. The van der Waals surface area contributed by atoms with Crippen LogP contribution in [0.1, 0.15) is 24.8 Å². The number of hydrogen-bond donors (Lipinski definition) is 1. The molecular formula is C25H30N4O. The van der Waals surface area contributed by atoms with Crippen molar-refractivity contribution in [2.45, 2.75) is 32.7 Å². The van der Waals surface area contributed by atoms with Gasteiger partial charge in [-0.3, -0.25) is 9.48 Å². The zero-order chi connectivity index (χ0) is 20.8. The van der Waals surface area contributed by atoms with E-state index >= 15 is 0 Å². The number of hydrogen-bond acceptors (Lipinski definition) is 3. The summed E-state index contributed by atoms with van der Waals surface area (Å²) in [5, 5.41) is 7.35. The predicted molar refractivity (Wildman–Crippen MR) is 121 cm³/mol. The lowest BCUT2D eigenvalue weighted by Crippen LogP contribution is -2.38. The van der Waals surface area contributed by atoms with Gasteiger partial charge in [-0.2, -0.15) is 5.10 Å². The number of anilines is 1. The summed E-state index contributed by atoms with van der Waals surface area (Å²) in [6, 6.07) is 18.6. The molecule has 156 valence electrons. The number of likely N-dealkylation sites (tertiary alicyclic amines) is 1. The summed E-state index contributed by atoms with van der Waals surface area (Å²) in [6.07, 6.45) is 6.76. The van der Waals surface area contributed by atoms with Gasteiger partial charge in [0.1, 0.15) is 0 Å². The third kappa shape index (κ3) is 5.36. The van der Waals surface area contributed by atoms with Crippen LogP contribution in [0.15, 0.2) is 67.0 Å². The molecule has 0 atom stereocenters. The predicted octanol–water partition coefficient (Wildman–Crippen LogP) is 4.60. The van der Waals surface area contributed by atoms with Crippen molar-refractivity contribution in [2.24, 2.45) is 5.92 Å². The van der Waals surface area contributed by atoms with Gasteiger partial charge in [-0.05, 0) is 75.1 Å². The second-order valence-corrected chi connectivity index (χ2v) is 8.17. The third-order valence-corrected chi connectivity index (χ3v) is 5.88. The van der Waals surface area contributed by atoms with E-state index in [2.05, 4.69) is 58.6 Å². The maximum absolute atomic E-state index is 12.7. The summed E-state index contributed by atoms with van der Waals surface area (Å²) < 4.78 is 1.98. The Balaban J connectivity index is 1.22. The van der Waals surface area contributed by atoms with Crippen molar-refractivity contribution < 1.29 is 4.79 Å². The largest absolute Gasteiger partial charge is 0.326 e. The maximum atomic E-state index is 12.7. The van der Waals surface area contributed by atoms with Gasteiger partial charge < -0.3 is 10.2 Å². The molecule has 1 aliphatic heterocycles. The minimum Gasteiger partial charge on any atom is -0.326 e. The Labute approximate surface area is 178 Å². The van der Waals surface area contributed by atoms with Gasteiger partial charge in [0.15, 0.2) is 0 Å². The maximum Gasteiger partial charge on any atom is 0.227 e. The van der Waals surface area contributed by atoms with E-state index in [9.17, 15) is 4.79 Å². The zero-order valence-corrected chi connectivity index (χ0v) is 17.6. The summed E-state index contributed by atoms with van der Waals surface area (Å²) >= 11 is 0. The molecule has 1 aromatic heterocycles. The van der Waals surface area contributed by atoms with Gasteiger partial charge in [-0.25, -0.2) is 0 Å². The highest BCUT2D eigenvalue weighted by Gasteiger charge is 2.24. The van der Waals surface area contributed by atoms with Crippen LogP contribution in [0.4, 0.5) is 5.69 Å². The molecular weight excluding hydrogens is 372 g/mol. The van der Waals surface area contributed by atoms with Gasteiger partial charge in [0.25, 0.3) is 0 Å². The van der Waals surface area contributed by atoms with Crippen LogP contribution in [0.5, 0.6) is 0 Å². The average molecular weight is 403 g/mol. The van der Waals surface area contributed by atoms with Crippen molar-refractivity contribution in [3.63, 3.8) is 0 Å². The first-order valence-corrected chi connectivity index (χ1v) is 10.9. The summed E-state index contributed by atoms with van der Waals surface area (Å²) in [5.74, 6) is 0.248. The van der Waals surface area contributed by atoms with Crippen molar-refractivity contribution >= 4 is 11.6 Å². The first kappa shape index (κ1) is 20.4. The molecule has 30 heavy (non-hydrogen) atoms. The fourth-order valence-corrected chi connectivity index (χ4v) is 4.12. The smallest absolute Gasteiger partial charge is 0.227 e. The molecule has 3 aromatic rings.